The minimum atomic E-state index is 0.142. The second-order valence-electron chi connectivity index (χ2n) is 8.92. The molecule has 3 aliphatic rings. The minimum Gasteiger partial charge on any atom is -0.465 e. The van der Waals surface area contributed by atoms with E-state index in [1.54, 1.807) is 0 Å². The van der Waals surface area contributed by atoms with Crippen molar-refractivity contribution in [2.45, 2.75) is 70.5 Å². The minimum absolute atomic E-state index is 0.142. The van der Waals surface area contributed by atoms with Gasteiger partial charge < -0.3 is 14.6 Å². The molecule has 5 heteroatoms. The Morgan fingerprint density at radius 1 is 1.26 bits per heavy atom. The molecule has 0 bridgehead atoms. The van der Waals surface area contributed by atoms with Crippen molar-refractivity contribution in [3.05, 3.63) is 23.7 Å². The highest BCUT2D eigenvalue weighted by molar-refractivity contribution is 5.75. The zero-order valence-corrected chi connectivity index (χ0v) is 17.0. The summed E-state index contributed by atoms with van der Waals surface area (Å²) in [6, 6.07) is 5.33. The van der Waals surface area contributed by atoms with Gasteiger partial charge in [0.1, 0.15) is 11.5 Å². The highest BCUT2D eigenvalue weighted by Crippen LogP contribution is 2.42. The molecule has 1 aromatic rings. The first kappa shape index (κ1) is 19.0. The summed E-state index contributed by atoms with van der Waals surface area (Å²) in [5.74, 6) is 3.53. The summed E-state index contributed by atoms with van der Waals surface area (Å²) in [4.78, 5) is 17.6. The van der Waals surface area contributed by atoms with Gasteiger partial charge in [-0.15, -0.1) is 0 Å². The maximum absolute atomic E-state index is 12.2. The third-order valence-corrected chi connectivity index (χ3v) is 7.09. The Kier molecular flexibility index (Phi) is 5.88. The van der Waals surface area contributed by atoms with Crippen molar-refractivity contribution < 1.29 is 9.21 Å². The Balaban J connectivity index is 1.26. The van der Waals surface area contributed by atoms with Gasteiger partial charge in [-0.05, 0) is 89.6 Å². The molecule has 1 aromatic heterocycles. The molecule has 4 rings (SSSR count). The van der Waals surface area contributed by atoms with Crippen LogP contribution in [0.2, 0.25) is 0 Å². The van der Waals surface area contributed by atoms with Crippen molar-refractivity contribution in [2.24, 2.45) is 11.8 Å². The number of furan rings is 1. The van der Waals surface area contributed by atoms with Gasteiger partial charge >= 0.3 is 0 Å². The van der Waals surface area contributed by atoms with Gasteiger partial charge in [0.25, 0.3) is 0 Å². The summed E-state index contributed by atoms with van der Waals surface area (Å²) in [5.41, 5.74) is 0. The Bertz CT molecular complexity index is 641. The van der Waals surface area contributed by atoms with Crippen molar-refractivity contribution in [2.75, 3.05) is 26.7 Å². The van der Waals surface area contributed by atoms with Crippen LogP contribution in [0.1, 0.15) is 56.5 Å². The van der Waals surface area contributed by atoms with Crippen molar-refractivity contribution in [1.82, 2.24) is 15.1 Å². The van der Waals surface area contributed by atoms with Crippen LogP contribution in [-0.2, 0) is 11.3 Å². The number of nitrogens with zero attached hydrogens (tertiary/aromatic N) is 2. The summed E-state index contributed by atoms with van der Waals surface area (Å²) in [7, 11) is 2.31. The predicted molar refractivity (Wildman–Crippen MR) is 106 cm³/mol. The van der Waals surface area contributed by atoms with Crippen LogP contribution in [0.3, 0.4) is 0 Å². The van der Waals surface area contributed by atoms with Gasteiger partial charge in [0.15, 0.2) is 0 Å². The third-order valence-electron chi connectivity index (χ3n) is 7.09. The number of amides is 1. The number of piperidine rings is 3. The molecular weight excluding hydrogens is 338 g/mol. The van der Waals surface area contributed by atoms with Crippen LogP contribution < -0.4 is 5.32 Å². The van der Waals surface area contributed by atoms with Gasteiger partial charge in [-0.25, -0.2) is 0 Å². The molecule has 5 nitrogen and oxygen atoms in total. The first-order valence-corrected chi connectivity index (χ1v) is 10.9. The van der Waals surface area contributed by atoms with Crippen molar-refractivity contribution in [3.63, 3.8) is 0 Å². The topological polar surface area (TPSA) is 48.7 Å². The number of carbonyl (C=O) groups is 1. The van der Waals surface area contributed by atoms with E-state index in [2.05, 4.69) is 22.2 Å². The van der Waals surface area contributed by atoms with E-state index in [9.17, 15) is 4.79 Å². The maximum atomic E-state index is 12.2. The molecule has 0 unspecified atom stereocenters. The molecule has 4 atom stereocenters. The second kappa shape index (κ2) is 8.36. The lowest BCUT2D eigenvalue weighted by Crippen LogP contribution is -2.63. The summed E-state index contributed by atoms with van der Waals surface area (Å²) < 4.78 is 5.52. The number of likely N-dealkylation sites (tertiary alicyclic amines) is 1. The monoisotopic (exact) mass is 373 g/mol. The summed E-state index contributed by atoms with van der Waals surface area (Å²) in [6.45, 7) is 6.28. The van der Waals surface area contributed by atoms with E-state index in [0.717, 1.165) is 42.2 Å². The fourth-order valence-corrected chi connectivity index (χ4v) is 5.97. The van der Waals surface area contributed by atoms with Gasteiger partial charge in [0.2, 0.25) is 5.91 Å². The largest absolute Gasteiger partial charge is 0.465 e. The van der Waals surface area contributed by atoms with Crippen LogP contribution in [0.15, 0.2) is 16.5 Å². The fraction of sp³-hybridized carbons (Fsp3) is 0.773. The van der Waals surface area contributed by atoms with Crippen molar-refractivity contribution in [3.8, 4) is 0 Å². The Hall–Kier alpha value is -1.33. The van der Waals surface area contributed by atoms with Crippen LogP contribution in [0, 0.1) is 18.8 Å². The molecule has 27 heavy (non-hydrogen) atoms. The average molecular weight is 374 g/mol. The molecule has 0 aliphatic carbocycles. The first-order valence-electron chi connectivity index (χ1n) is 10.9. The highest BCUT2D eigenvalue weighted by Gasteiger charge is 2.47. The Labute approximate surface area is 163 Å². The molecule has 3 fully saturated rings. The Morgan fingerprint density at radius 2 is 2.07 bits per heavy atom. The lowest BCUT2D eigenvalue weighted by atomic mass is 9.69. The third kappa shape index (κ3) is 4.24. The van der Waals surface area contributed by atoms with E-state index in [4.69, 9.17) is 4.42 Å². The van der Waals surface area contributed by atoms with Gasteiger partial charge in [-0.2, -0.15) is 0 Å². The SMILES string of the molecule is Cc1ccc(CNC(=O)CCC[C@@H]2[C@H]3CCCN4CCC[C@@H](CN2C)[C@@H]34)o1. The lowest BCUT2D eigenvalue weighted by Gasteiger charge is -2.57. The van der Waals surface area contributed by atoms with Crippen LogP contribution >= 0.6 is 0 Å². The quantitative estimate of drug-likeness (QED) is 0.832. The van der Waals surface area contributed by atoms with Gasteiger partial charge in [-0.1, -0.05) is 0 Å². The summed E-state index contributed by atoms with van der Waals surface area (Å²) >= 11 is 0. The molecule has 3 saturated heterocycles. The average Bonchev–Trinajstić information content (AvgIpc) is 3.08. The molecule has 1 amide bonds. The van der Waals surface area contributed by atoms with Crippen molar-refractivity contribution in [1.29, 1.82) is 0 Å². The normalized spacial score (nSPS) is 31.5. The first-order chi connectivity index (χ1) is 13.1. The lowest BCUT2D eigenvalue weighted by molar-refractivity contribution is -0.121. The zero-order valence-electron chi connectivity index (χ0n) is 17.0. The Morgan fingerprint density at radius 3 is 2.85 bits per heavy atom. The van der Waals surface area contributed by atoms with E-state index in [-0.39, 0.29) is 5.91 Å². The van der Waals surface area contributed by atoms with Crippen LogP contribution in [-0.4, -0.2) is 54.5 Å². The molecule has 4 heterocycles. The maximum Gasteiger partial charge on any atom is 0.220 e. The van der Waals surface area contributed by atoms with Crippen LogP contribution in [0.5, 0.6) is 0 Å². The molecule has 1 N–H and O–H groups in total. The van der Waals surface area contributed by atoms with Crippen LogP contribution in [0.4, 0.5) is 0 Å². The van der Waals surface area contributed by atoms with E-state index in [0.29, 0.717) is 19.0 Å². The van der Waals surface area contributed by atoms with E-state index >= 15 is 0 Å². The predicted octanol–water partition coefficient (Wildman–Crippen LogP) is 3.18. The highest BCUT2D eigenvalue weighted by atomic mass is 16.3. The molecule has 0 saturated carbocycles. The van der Waals surface area contributed by atoms with E-state index in [1.165, 1.54) is 45.3 Å². The van der Waals surface area contributed by atoms with E-state index in [1.807, 2.05) is 19.1 Å². The molecular formula is C22H35N3O2. The number of aryl methyl sites for hydroxylation is 1. The number of hydrogen-bond acceptors (Lipinski definition) is 4. The van der Waals surface area contributed by atoms with Crippen LogP contribution in [0.25, 0.3) is 0 Å². The summed E-state index contributed by atoms with van der Waals surface area (Å²) in [6.07, 6.45) is 8.25. The number of rotatable bonds is 6. The molecule has 0 aromatic carbocycles. The second-order valence-corrected chi connectivity index (χ2v) is 8.92. The number of carbonyl (C=O) groups excluding carboxylic acids is 1. The number of nitrogens with one attached hydrogen (secondary N) is 1. The number of hydrogen-bond donors (Lipinski definition) is 1. The van der Waals surface area contributed by atoms with Gasteiger partial charge in [-0.3, -0.25) is 9.69 Å². The zero-order chi connectivity index (χ0) is 18.8. The summed E-state index contributed by atoms with van der Waals surface area (Å²) in [5, 5.41) is 3.00. The van der Waals surface area contributed by atoms with Crippen molar-refractivity contribution >= 4 is 5.91 Å². The molecule has 3 aliphatic heterocycles. The molecule has 150 valence electrons. The fourth-order valence-electron chi connectivity index (χ4n) is 5.97. The smallest absolute Gasteiger partial charge is 0.220 e. The standard InChI is InChI=1S/C22H35N3O2/c1-16-10-11-18(27-16)14-23-21(26)9-3-8-20-19-7-5-13-25-12-4-6-17(22(19)25)15-24(20)2/h10-11,17,19-20,22H,3-9,12-15H2,1-2H3,(H,23,26)/t17-,19+,20+,22-/m0/s1. The van der Waals surface area contributed by atoms with E-state index < -0.39 is 0 Å². The van der Waals surface area contributed by atoms with Gasteiger partial charge in [0.05, 0.1) is 6.54 Å². The van der Waals surface area contributed by atoms with Gasteiger partial charge in [0, 0.05) is 25.0 Å². The molecule has 0 spiro atoms. The molecule has 0 radical (unpaired) electrons.